The first-order valence-corrected chi connectivity index (χ1v) is 17.2. The highest BCUT2D eigenvalue weighted by molar-refractivity contribution is 7.90. The number of hydrogen-bond acceptors (Lipinski definition) is 9. The van der Waals surface area contributed by atoms with Gasteiger partial charge in [-0.25, -0.2) is 17.9 Å². The van der Waals surface area contributed by atoms with Gasteiger partial charge in [0.15, 0.2) is 0 Å². The zero-order chi connectivity index (χ0) is 33.7. The van der Waals surface area contributed by atoms with Crippen LogP contribution in [-0.2, 0) is 38.7 Å². The number of sulfonamides is 1. The first-order chi connectivity index (χ1) is 21.7. The number of carbonyl (C=O) groups is 5. The lowest BCUT2D eigenvalue weighted by molar-refractivity contribution is -0.141. The van der Waals surface area contributed by atoms with Gasteiger partial charge >= 0.3 is 6.09 Å². The molecule has 3 N–H and O–H groups in total. The maximum Gasteiger partial charge on any atom is 0.408 e. The Morgan fingerprint density at radius 2 is 1.91 bits per heavy atom. The number of ether oxygens (including phenoxy) is 2. The first-order valence-electron chi connectivity index (χ1n) is 15.7. The second kappa shape index (κ2) is 14.2. The van der Waals surface area contributed by atoms with Crippen molar-refractivity contribution in [1.82, 2.24) is 20.3 Å². The molecule has 46 heavy (non-hydrogen) atoms. The molecule has 0 unspecified atom stereocenters. The van der Waals surface area contributed by atoms with Crippen LogP contribution in [0.15, 0.2) is 41.3 Å². The third-order valence-corrected chi connectivity index (χ3v) is 10.5. The summed E-state index contributed by atoms with van der Waals surface area (Å²) >= 11 is 0. The Morgan fingerprint density at radius 3 is 2.61 bits per heavy atom. The predicted octanol–water partition coefficient (Wildman–Crippen LogP) is 2.62. The van der Waals surface area contributed by atoms with E-state index in [1.807, 2.05) is 19.1 Å². The van der Waals surface area contributed by atoms with Crippen LogP contribution in [0.4, 0.5) is 4.79 Å². The quantitative estimate of drug-likeness (QED) is 0.279. The lowest BCUT2D eigenvalue weighted by Gasteiger charge is -2.30. The van der Waals surface area contributed by atoms with E-state index in [1.54, 1.807) is 39.0 Å². The molecule has 14 heteroatoms. The van der Waals surface area contributed by atoms with Gasteiger partial charge in [-0.15, -0.1) is 0 Å². The minimum absolute atomic E-state index is 0.0456. The molecule has 2 fully saturated rings. The summed E-state index contributed by atoms with van der Waals surface area (Å²) in [6, 6.07) is 4.06. The molecule has 1 saturated carbocycles. The largest absolute Gasteiger partial charge is 0.463 e. The second-order valence-electron chi connectivity index (χ2n) is 12.8. The van der Waals surface area contributed by atoms with Crippen LogP contribution in [0.3, 0.4) is 0 Å². The van der Waals surface area contributed by atoms with Gasteiger partial charge in [-0.3, -0.25) is 19.2 Å². The fourth-order valence-corrected chi connectivity index (χ4v) is 7.16. The summed E-state index contributed by atoms with van der Waals surface area (Å²) < 4.78 is 39.2. The van der Waals surface area contributed by atoms with E-state index < -0.39 is 69.1 Å². The average Bonchev–Trinajstić information content (AvgIpc) is 3.52. The number of nitrogens with zero attached hydrogens (tertiary/aromatic N) is 1. The van der Waals surface area contributed by atoms with Gasteiger partial charge in [-0.05, 0) is 64.5 Å². The van der Waals surface area contributed by atoms with Gasteiger partial charge in [0.25, 0.3) is 22.4 Å². The van der Waals surface area contributed by atoms with Crippen molar-refractivity contribution in [3.63, 3.8) is 0 Å². The average molecular weight is 661 g/mol. The fourth-order valence-electron chi connectivity index (χ4n) is 5.88. The molecule has 4 rings (SSSR count). The third kappa shape index (κ3) is 8.06. The molecule has 2 heterocycles. The van der Waals surface area contributed by atoms with Crippen molar-refractivity contribution in [3.05, 3.63) is 42.0 Å². The number of alkyl carbamates (subject to hydrolysis) is 1. The summed E-state index contributed by atoms with van der Waals surface area (Å²) in [5.74, 6) is -2.62. The van der Waals surface area contributed by atoms with Gasteiger partial charge in [0.2, 0.25) is 11.8 Å². The van der Waals surface area contributed by atoms with Crippen LogP contribution < -0.4 is 15.4 Å². The molecule has 1 aromatic carbocycles. The van der Waals surface area contributed by atoms with Gasteiger partial charge in [0.1, 0.15) is 29.3 Å². The molecular weight excluding hydrogens is 616 g/mol. The summed E-state index contributed by atoms with van der Waals surface area (Å²) in [4.78, 5) is 66.8. The normalized spacial score (nSPS) is 27.9. The highest BCUT2D eigenvalue weighted by Crippen LogP contribution is 2.46. The van der Waals surface area contributed by atoms with E-state index in [0.717, 1.165) is 12.8 Å². The minimum Gasteiger partial charge on any atom is -0.463 e. The number of rotatable bonds is 8. The number of allylic oxidation sites excluding steroid dienone is 1. The van der Waals surface area contributed by atoms with E-state index in [4.69, 9.17) is 9.47 Å². The number of aryl methyl sites for hydroxylation is 1. The molecule has 2 aliphatic heterocycles. The molecule has 252 valence electrons. The Kier molecular flexibility index (Phi) is 10.8. The maximum absolute atomic E-state index is 14.0. The van der Waals surface area contributed by atoms with Crippen molar-refractivity contribution in [2.75, 3.05) is 6.54 Å². The molecule has 3 aliphatic rings. The molecule has 13 nitrogen and oxygen atoms in total. The fraction of sp³-hybridized carbons (Fsp3) is 0.594. The Hall–Kier alpha value is -3.94. The highest BCUT2D eigenvalue weighted by Gasteiger charge is 2.61. The van der Waals surface area contributed by atoms with Crippen LogP contribution in [0.5, 0.6) is 0 Å². The molecule has 1 saturated heterocycles. The van der Waals surface area contributed by atoms with Crippen molar-refractivity contribution >= 4 is 40.3 Å². The van der Waals surface area contributed by atoms with Crippen molar-refractivity contribution in [3.8, 4) is 0 Å². The number of benzene rings is 1. The van der Waals surface area contributed by atoms with Gasteiger partial charge < -0.3 is 25.0 Å². The van der Waals surface area contributed by atoms with Gasteiger partial charge in [-0.1, -0.05) is 50.1 Å². The topological polar surface area (TPSA) is 177 Å². The molecule has 5 atom stereocenters. The zero-order valence-corrected chi connectivity index (χ0v) is 27.6. The van der Waals surface area contributed by atoms with Crippen molar-refractivity contribution in [1.29, 1.82) is 0 Å². The summed E-state index contributed by atoms with van der Waals surface area (Å²) in [5.41, 5.74) is -1.89. The van der Waals surface area contributed by atoms with E-state index in [1.165, 1.54) is 11.0 Å². The van der Waals surface area contributed by atoms with Crippen LogP contribution in [0.25, 0.3) is 0 Å². The molecule has 0 aromatic heterocycles. The molecule has 1 aromatic rings. The van der Waals surface area contributed by atoms with Crippen LogP contribution >= 0.6 is 0 Å². The van der Waals surface area contributed by atoms with E-state index in [0.29, 0.717) is 31.2 Å². The van der Waals surface area contributed by atoms with E-state index in [9.17, 15) is 32.4 Å². The lowest BCUT2D eigenvalue weighted by Crippen LogP contribution is -2.58. The first kappa shape index (κ1) is 34.9. The standard InChI is InChI=1S/C32H44N4O9S/c1-5-31(3,4)45-30(41)33-24-15-10-8-6-7-9-14-22-18-32(22,29(40)35-46(42,43)26-16-12-11-13-21(26)2)34-27(38)25-17-23(44-20-37)19-36(25)28(24)39/h9,11-14,16,20,22-25H,5-8,10,15,17-19H2,1-4H3,(H,33,41)(H,34,38)(H,35,40)/b14-9-/t22-,23-,24+,25+,32-/m1/s1. The minimum atomic E-state index is -4.26. The number of carbonyl (C=O) groups excluding carboxylic acids is 5. The summed E-state index contributed by atoms with van der Waals surface area (Å²) in [7, 11) is -4.26. The second-order valence-corrected chi connectivity index (χ2v) is 14.5. The Balaban J connectivity index is 1.62. The van der Waals surface area contributed by atoms with E-state index in [2.05, 4.69) is 15.4 Å². The van der Waals surface area contributed by atoms with Gasteiger partial charge in [0.05, 0.1) is 11.4 Å². The number of fused-ring (bicyclic) bond motifs is 2. The van der Waals surface area contributed by atoms with E-state index in [-0.39, 0.29) is 30.8 Å². The SMILES string of the molecule is CCC(C)(C)OC(=O)N[C@H]1CCCCC/C=C\[C@@H]2C[C@@]2(C(=O)NS(=O)(=O)c2ccccc2C)NC(=O)[C@@H]2C[C@@H](OC=O)CN2C1=O. The van der Waals surface area contributed by atoms with Gasteiger partial charge in [0, 0.05) is 12.3 Å². The van der Waals surface area contributed by atoms with Crippen molar-refractivity contribution < 1.29 is 41.9 Å². The van der Waals surface area contributed by atoms with Crippen LogP contribution in [0.2, 0.25) is 0 Å². The third-order valence-electron chi connectivity index (χ3n) is 9.02. The summed E-state index contributed by atoms with van der Waals surface area (Å²) in [6.07, 6.45) is 5.89. The molecule has 0 radical (unpaired) electrons. The molecular formula is C32H44N4O9S. The van der Waals surface area contributed by atoms with Gasteiger partial charge in [-0.2, -0.15) is 0 Å². The molecule has 0 spiro atoms. The predicted molar refractivity (Wildman–Crippen MR) is 167 cm³/mol. The number of amides is 4. The van der Waals surface area contributed by atoms with Crippen molar-refractivity contribution in [2.45, 2.75) is 113 Å². The van der Waals surface area contributed by atoms with E-state index >= 15 is 0 Å². The van der Waals surface area contributed by atoms with Crippen LogP contribution in [0, 0.1) is 12.8 Å². The highest BCUT2D eigenvalue weighted by atomic mass is 32.2. The number of nitrogens with one attached hydrogen (secondary N) is 3. The molecule has 4 amide bonds. The smallest absolute Gasteiger partial charge is 0.408 e. The lowest BCUT2D eigenvalue weighted by atomic mass is 10.0. The van der Waals surface area contributed by atoms with Crippen molar-refractivity contribution in [2.24, 2.45) is 5.92 Å². The Morgan fingerprint density at radius 1 is 1.17 bits per heavy atom. The summed E-state index contributed by atoms with van der Waals surface area (Å²) in [6.45, 7) is 7.13. The molecule has 1 aliphatic carbocycles. The van der Waals surface area contributed by atoms with Crippen LogP contribution in [-0.4, -0.2) is 79.5 Å². The Labute approximate surface area is 269 Å². The van der Waals surface area contributed by atoms with Crippen LogP contribution in [0.1, 0.15) is 77.7 Å². The maximum atomic E-state index is 14.0. The zero-order valence-electron chi connectivity index (χ0n) is 26.7. The Bertz CT molecular complexity index is 1480. The monoisotopic (exact) mass is 660 g/mol. The number of hydrogen-bond donors (Lipinski definition) is 3. The molecule has 0 bridgehead atoms. The summed E-state index contributed by atoms with van der Waals surface area (Å²) in [5, 5.41) is 5.43.